The lowest BCUT2D eigenvalue weighted by Crippen LogP contribution is -2.36. The molecule has 0 saturated heterocycles. The van der Waals surface area contributed by atoms with E-state index in [1.54, 1.807) is 0 Å². The van der Waals surface area contributed by atoms with Crippen LogP contribution < -0.4 is 0 Å². The summed E-state index contributed by atoms with van der Waals surface area (Å²) in [6, 6.07) is 0. The molecule has 3 atom stereocenters. The van der Waals surface area contributed by atoms with Crippen molar-refractivity contribution >= 4 is 23.9 Å². The van der Waals surface area contributed by atoms with Crippen LogP contribution in [0.5, 0.6) is 0 Å². The van der Waals surface area contributed by atoms with Gasteiger partial charge < -0.3 is 23.8 Å². The van der Waals surface area contributed by atoms with Gasteiger partial charge in [-0.25, -0.2) is 9.59 Å². The molecule has 294 valence electrons. The molecule has 3 unspecified atom stereocenters. The van der Waals surface area contributed by atoms with E-state index >= 15 is 0 Å². The van der Waals surface area contributed by atoms with E-state index in [1.165, 1.54) is 51.4 Å². The van der Waals surface area contributed by atoms with Crippen LogP contribution >= 0.6 is 0 Å². The molecule has 0 bridgehead atoms. The molecule has 0 aliphatic heterocycles. The van der Waals surface area contributed by atoms with Crippen molar-refractivity contribution in [1.82, 2.24) is 4.90 Å². The summed E-state index contributed by atoms with van der Waals surface area (Å²) >= 11 is 0. The summed E-state index contributed by atoms with van der Waals surface area (Å²) < 4.78 is 21.8. The highest BCUT2D eigenvalue weighted by Crippen LogP contribution is 2.22. The molecule has 0 aliphatic rings. The first-order chi connectivity index (χ1) is 24.2. The van der Waals surface area contributed by atoms with E-state index in [4.69, 9.17) is 18.9 Å². The third kappa shape index (κ3) is 28.5. The average molecular weight is 712 g/mol. The quantitative estimate of drug-likeness (QED) is 0.0361. The third-order valence-electron chi connectivity index (χ3n) is 9.25. The molecule has 0 aliphatic carbocycles. The van der Waals surface area contributed by atoms with Crippen LogP contribution in [0.4, 0.5) is 0 Å². The summed E-state index contributed by atoms with van der Waals surface area (Å²) in [6.45, 7) is 7.89. The van der Waals surface area contributed by atoms with Gasteiger partial charge in [0.2, 0.25) is 0 Å². The summed E-state index contributed by atoms with van der Waals surface area (Å²) in [5, 5.41) is 0. The summed E-state index contributed by atoms with van der Waals surface area (Å²) in [5.74, 6) is -2.48. The first-order valence-electron chi connectivity index (χ1n) is 20.5. The molecule has 0 aromatic rings. The van der Waals surface area contributed by atoms with Gasteiger partial charge in [0.25, 0.3) is 0 Å². The lowest BCUT2D eigenvalue weighted by Gasteiger charge is -2.22. The Labute approximate surface area is 306 Å². The van der Waals surface area contributed by atoms with Crippen LogP contribution in [-0.4, -0.2) is 75.3 Å². The molecule has 0 amide bonds. The topological polar surface area (TPSA) is 108 Å². The Morgan fingerprint density at radius 2 is 0.800 bits per heavy atom. The lowest BCUT2D eigenvalue weighted by molar-refractivity contribution is -0.171. The molecule has 0 aromatic heterocycles. The first-order valence-corrected chi connectivity index (χ1v) is 20.5. The minimum atomic E-state index is -0.761. The molecule has 50 heavy (non-hydrogen) atoms. The number of carbonyl (C=O) groups is 4. The Balaban J connectivity index is 4.87. The molecule has 0 heterocycles. The predicted molar refractivity (Wildman–Crippen MR) is 202 cm³/mol. The predicted octanol–water partition coefficient (Wildman–Crippen LogP) is 9.76. The van der Waals surface area contributed by atoms with Crippen LogP contribution in [0.15, 0.2) is 0 Å². The van der Waals surface area contributed by atoms with Crippen LogP contribution in [0.25, 0.3) is 0 Å². The molecule has 0 rings (SSSR count). The second kappa shape index (κ2) is 34.0. The van der Waals surface area contributed by atoms with Gasteiger partial charge in [-0.3, -0.25) is 9.59 Å². The van der Waals surface area contributed by atoms with E-state index in [1.807, 2.05) is 19.0 Å². The van der Waals surface area contributed by atoms with Gasteiger partial charge in [0.05, 0.1) is 11.8 Å². The highest BCUT2D eigenvalue weighted by atomic mass is 16.6. The van der Waals surface area contributed by atoms with Gasteiger partial charge in [0.15, 0.2) is 13.2 Å². The zero-order chi connectivity index (χ0) is 37.2. The van der Waals surface area contributed by atoms with Gasteiger partial charge in [-0.2, -0.15) is 0 Å². The van der Waals surface area contributed by atoms with Gasteiger partial charge in [-0.15, -0.1) is 0 Å². The maximum Gasteiger partial charge on any atom is 0.344 e. The van der Waals surface area contributed by atoms with Crippen molar-refractivity contribution in [2.45, 2.75) is 188 Å². The minimum absolute atomic E-state index is 0.190. The van der Waals surface area contributed by atoms with Crippen molar-refractivity contribution in [3.63, 3.8) is 0 Å². The van der Waals surface area contributed by atoms with Gasteiger partial charge in [0, 0.05) is 6.54 Å². The molecular formula is C41H77NO8. The molecule has 0 N–H and O–H groups in total. The monoisotopic (exact) mass is 712 g/mol. The maximum atomic E-state index is 13.0. The van der Waals surface area contributed by atoms with E-state index in [9.17, 15) is 19.2 Å². The van der Waals surface area contributed by atoms with Gasteiger partial charge in [-0.1, -0.05) is 156 Å². The van der Waals surface area contributed by atoms with E-state index < -0.39 is 31.3 Å². The zero-order valence-corrected chi connectivity index (χ0v) is 33.2. The van der Waals surface area contributed by atoms with Crippen molar-refractivity contribution in [3.05, 3.63) is 0 Å². The van der Waals surface area contributed by atoms with Gasteiger partial charge >= 0.3 is 23.9 Å². The smallest absolute Gasteiger partial charge is 0.344 e. The van der Waals surface area contributed by atoms with Crippen LogP contribution in [0.1, 0.15) is 182 Å². The van der Waals surface area contributed by atoms with Crippen LogP contribution in [0, 0.1) is 11.8 Å². The fourth-order valence-corrected chi connectivity index (χ4v) is 6.21. The number of ether oxygens (including phenoxy) is 4. The lowest BCUT2D eigenvalue weighted by atomic mass is 9.94. The summed E-state index contributed by atoms with van der Waals surface area (Å²) in [6.07, 6.45) is 24.8. The maximum absolute atomic E-state index is 13.0. The first kappa shape index (κ1) is 47.8. The number of rotatable bonds is 35. The Bertz CT molecular complexity index is 848. The van der Waals surface area contributed by atoms with E-state index in [0.29, 0.717) is 6.54 Å². The second-order valence-corrected chi connectivity index (χ2v) is 14.5. The SMILES string of the molecule is CCCCCCCCC(CCCCCC)C(=O)OCC(=O)OCC(CN(C)C)OC(=O)COC(=O)C(CCCCCC)CCCCCCCC. The van der Waals surface area contributed by atoms with Gasteiger partial charge in [-0.05, 0) is 39.8 Å². The zero-order valence-electron chi connectivity index (χ0n) is 33.2. The van der Waals surface area contributed by atoms with Crippen LogP contribution in [0.2, 0.25) is 0 Å². The third-order valence-corrected chi connectivity index (χ3v) is 9.25. The molecule has 0 spiro atoms. The number of likely N-dealkylation sites (N-methyl/N-ethyl adjacent to an activating group) is 1. The fourth-order valence-electron chi connectivity index (χ4n) is 6.21. The second-order valence-electron chi connectivity index (χ2n) is 14.5. The standard InChI is InChI=1S/C41H77NO8/c1-7-11-15-19-21-25-29-35(27-23-17-13-9-3)40(45)48-33-38(43)47-32-37(31-42(5)6)50-39(44)34-49-41(46)36(28-24-18-14-10-4)30-26-22-20-16-12-8-2/h35-37H,7-34H2,1-6H3. The number of carbonyl (C=O) groups excluding carboxylic acids is 4. The van der Waals surface area contributed by atoms with Crippen LogP contribution in [0.3, 0.4) is 0 Å². The van der Waals surface area contributed by atoms with E-state index in [-0.39, 0.29) is 30.4 Å². The van der Waals surface area contributed by atoms with Crippen molar-refractivity contribution in [2.24, 2.45) is 11.8 Å². The van der Waals surface area contributed by atoms with Crippen molar-refractivity contribution in [3.8, 4) is 0 Å². The van der Waals surface area contributed by atoms with Gasteiger partial charge in [0.1, 0.15) is 12.7 Å². The number of esters is 4. The Hall–Kier alpha value is -2.16. The average Bonchev–Trinajstić information content (AvgIpc) is 3.09. The highest BCUT2D eigenvalue weighted by Gasteiger charge is 2.24. The summed E-state index contributed by atoms with van der Waals surface area (Å²) in [5.41, 5.74) is 0. The highest BCUT2D eigenvalue weighted by molar-refractivity contribution is 5.78. The van der Waals surface area contributed by atoms with Crippen molar-refractivity contribution in [2.75, 3.05) is 40.5 Å². The number of nitrogens with zero attached hydrogens (tertiary/aromatic N) is 1. The Kier molecular flexibility index (Phi) is 32.5. The summed E-state index contributed by atoms with van der Waals surface area (Å²) in [4.78, 5) is 53.0. The number of unbranched alkanes of at least 4 members (excludes halogenated alkanes) is 16. The Morgan fingerprint density at radius 1 is 0.460 bits per heavy atom. The molecule has 0 aromatic carbocycles. The van der Waals surface area contributed by atoms with E-state index in [0.717, 1.165) is 103 Å². The molecule has 9 nitrogen and oxygen atoms in total. The fraction of sp³-hybridized carbons (Fsp3) is 0.902. The molecular weight excluding hydrogens is 634 g/mol. The molecule has 9 heteroatoms. The normalized spacial score (nSPS) is 13.1. The van der Waals surface area contributed by atoms with E-state index in [2.05, 4.69) is 27.7 Å². The minimum Gasteiger partial charge on any atom is -0.459 e. The van der Waals surface area contributed by atoms with Crippen molar-refractivity contribution in [1.29, 1.82) is 0 Å². The Morgan fingerprint density at radius 3 is 1.18 bits per heavy atom. The number of hydrogen-bond donors (Lipinski definition) is 0. The molecule has 0 saturated carbocycles. The largest absolute Gasteiger partial charge is 0.459 e. The molecule has 0 fully saturated rings. The van der Waals surface area contributed by atoms with Crippen molar-refractivity contribution < 1.29 is 38.1 Å². The van der Waals surface area contributed by atoms with Crippen LogP contribution in [-0.2, 0) is 38.1 Å². The number of hydrogen-bond acceptors (Lipinski definition) is 9. The summed E-state index contributed by atoms with van der Waals surface area (Å²) in [7, 11) is 3.64. The molecule has 0 radical (unpaired) electrons.